The molecule has 2 atom stereocenters. The normalized spacial score (nSPS) is 23.2. The van der Waals surface area contributed by atoms with Gasteiger partial charge in [-0.05, 0) is 30.4 Å². The molecule has 1 heterocycles. The summed E-state index contributed by atoms with van der Waals surface area (Å²) in [7, 11) is 0. The van der Waals surface area contributed by atoms with Crippen LogP contribution < -0.4 is 5.32 Å². The number of carbonyl (C=O) groups is 1. The van der Waals surface area contributed by atoms with Crippen molar-refractivity contribution in [2.45, 2.75) is 57.0 Å². The van der Waals surface area contributed by atoms with E-state index < -0.39 is 16.8 Å². The number of benzene rings is 1. The standard InChI is InChI=1S/C17H21F3N2OS/c1-10(11-8-6-7-9-12(11)15(2,3)4)21-14-22-13(23)16(5,24-14)17(18,19)20/h6-10H,1-5H3,(H,21,22,23)/t10-,16?/m0/s1. The van der Waals surface area contributed by atoms with E-state index in [1.54, 1.807) is 0 Å². The van der Waals surface area contributed by atoms with Crippen molar-refractivity contribution < 1.29 is 18.0 Å². The average Bonchev–Trinajstić information content (AvgIpc) is 2.73. The van der Waals surface area contributed by atoms with Crippen LogP contribution >= 0.6 is 11.8 Å². The van der Waals surface area contributed by atoms with Crippen LogP contribution in [0.3, 0.4) is 0 Å². The predicted octanol–water partition coefficient (Wildman–Crippen LogP) is 4.59. The molecule has 0 spiro atoms. The minimum absolute atomic E-state index is 0.0102. The first-order chi connectivity index (χ1) is 10.9. The Morgan fingerprint density at radius 1 is 1.21 bits per heavy atom. The van der Waals surface area contributed by atoms with E-state index >= 15 is 0 Å². The lowest BCUT2D eigenvalue weighted by atomic mass is 9.82. The Balaban J connectivity index is 2.23. The van der Waals surface area contributed by atoms with Crippen LogP contribution in [0.2, 0.25) is 0 Å². The second-order valence-electron chi connectivity index (χ2n) is 7.06. The molecule has 24 heavy (non-hydrogen) atoms. The minimum Gasteiger partial charge on any atom is -0.358 e. The van der Waals surface area contributed by atoms with Crippen LogP contribution in [-0.4, -0.2) is 22.0 Å². The summed E-state index contributed by atoms with van der Waals surface area (Å²) in [6.45, 7) is 8.94. The maximum Gasteiger partial charge on any atom is 0.412 e. The van der Waals surface area contributed by atoms with Crippen molar-refractivity contribution >= 4 is 22.8 Å². The van der Waals surface area contributed by atoms with Gasteiger partial charge in [-0.1, -0.05) is 56.8 Å². The molecule has 1 N–H and O–H groups in total. The first-order valence-electron chi connectivity index (χ1n) is 7.61. The molecule has 2 rings (SSSR count). The third-order valence-corrected chi connectivity index (χ3v) is 5.25. The molecular formula is C17H21F3N2OS. The van der Waals surface area contributed by atoms with Gasteiger partial charge in [0.1, 0.15) is 0 Å². The second-order valence-corrected chi connectivity index (χ2v) is 8.47. The fourth-order valence-corrected chi connectivity index (χ4v) is 3.52. The summed E-state index contributed by atoms with van der Waals surface area (Å²) >= 11 is 0.429. The van der Waals surface area contributed by atoms with Crippen LogP contribution in [-0.2, 0) is 10.2 Å². The Bertz CT molecular complexity index is 679. The van der Waals surface area contributed by atoms with E-state index in [2.05, 4.69) is 31.1 Å². The number of thioether (sulfide) groups is 1. The lowest BCUT2D eigenvalue weighted by molar-refractivity contribution is -0.165. The molecule has 0 bridgehead atoms. The summed E-state index contributed by atoms with van der Waals surface area (Å²) in [5, 5.41) is 2.97. The van der Waals surface area contributed by atoms with Crippen LogP contribution in [0.1, 0.15) is 51.8 Å². The molecule has 0 radical (unpaired) electrons. The number of halogens is 3. The fraction of sp³-hybridized carbons (Fsp3) is 0.529. The van der Waals surface area contributed by atoms with Crippen molar-refractivity contribution in [1.82, 2.24) is 5.32 Å². The van der Waals surface area contributed by atoms with Crippen molar-refractivity contribution in [3.63, 3.8) is 0 Å². The Hall–Kier alpha value is -1.50. The van der Waals surface area contributed by atoms with E-state index in [4.69, 9.17) is 0 Å². The largest absolute Gasteiger partial charge is 0.412 e. The Kier molecular flexibility index (Phi) is 4.78. The first-order valence-corrected chi connectivity index (χ1v) is 8.43. The summed E-state index contributed by atoms with van der Waals surface area (Å²) in [6.07, 6.45) is -4.64. The first kappa shape index (κ1) is 18.8. The molecule has 0 aliphatic carbocycles. The topological polar surface area (TPSA) is 41.5 Å². The Morgan fingerprint density at radius 2 is 1.79 bits per heavy atom. The van der Waals surface area contributed by atoms with Gasteiger partial charge in [0.2, 0.25) is 0 Å². The van der Waals surface area contributed by atoms with E-state index in [-0.39, 0.29) is 16.6 Å². The summed E-state index contributed by atoms with van der Waals surface area (Å²) in [4.78, 5) is 15.3. The number of amides is 1. The number of carbonyl (C=O) groups excluding carboxylic acids is 1. The summed E-state index contributed by atoms with van der Waals surface area (Å²) < 4.78 is 36.8. The minimum atomic E-state index is -4.64. The number of alkyl halides is 3. The van der Waals surface area contributed by atoms with Crippen LogP contribution in [0, 0.1) is 0 Å². The van der Waals surface area contributed by atoms with Crippen molar-refractivity contribution in [3.05, 3.63) is 35.4 Å². The average molecular weight is 358 g/mol. The molecule has 0 fully saturated rings. The summed E-state index contributed by atoms with van der Waals surface area (Å²) in [5.74, 6) is -1.17. The monoisotopic (exact) mass is 358 g/mol. The van der Waals surface area contributed by atoms with Crippen LogP contribution in [0.5, 0.6) is 0 Å². The number of aliphatic imine (C=N–C) groups is 1. The molecule has 0 aromatic heterocycles. The maximum atomic E-state index is 13.1. The van der Waals surface area contributed by atoms with Crippen molar-refractivity contribution in [2.75, 3.05) is 0 Å². The Labute approximate surface area is 144 Å². The van der Waals surface area contributed by atoms with Crippen molar-refractivity contribution in [3.8, 4) is 0 Å². The van der Waals surface area contributed by atoms with Crippen LogP contribution in [0.15, 0.2) is 29.3 Å². The van der Waals surface area contributed by atoms with Gasteiger partial charge in [0.15, 0.2) is 9.91 Å². The van der Waals surface area contributed by atoms with E-state index in [1.165, 1.54) is 0 Å². The quantitative estimate of drug-likeness (QED) is 0.841. The molecule has 0 saturated carbocycles. The molecule has 1 aromatic carbocycles. The van der Waals surface area contributed by atoms with Gasteiger partial charge in [-0.3, -0.25) is 4.79 Å². The smallest absolute Gasteiger partial charge is 0.358 e. The highest BCUT2D eigenvalue weighted by Crippen LogP contribution is 2.46. The van der Waals surface area contributed by atoms with E-state index in [1.807, 2.05) is 31.2 Å². The highest BCUT2D eigenvalue weighted by molar-refractivity contribution is 8.16. The highest BCUT2D eigenvalue weighted by atomic mass is 32.2. The van der Waals surface area contributed by atoms with Gasteiger partial charge in [0.25, 0.3) is 5.91 Å². The zero-order chi connectivity index (χ0) is 18.3. The summed E-state index contributed by atoms with van der Waals surface area (Å²) in [5.41, 5.74) is 1.97. The zero-order valence-corrected chi connectivity index (χ0v) is 15.1. The second kappa shape index (κ2) is 6.10. The number of hydrogen-bond acceptors (Lipinski definition) is 3. The van der Waals surface area contributed by atoms with E-state index in [0.29, 0.717) is 11.8 Å². The summed E-state index contributed by atoms with van der Waals surface area (Å²) in [6, 6.07) is 7.49. The molecule has 3 nitrogen and oxygen atoms in total. The molecule has 1 aliphatic rings. The van der Waals surface area contributed by atoms with Gasteiger partial charge >= 0.3 is 6.18 Å². The van der Waals surface area contributed by atoms with Gasteiger partial charge in [0, 0.05) is 0 Å². The Morgan fingerprint density at radius 3 is 2.29 bits per heavy atom. The number of nitrogens with one attached hydrogen (secondary N) is 1. The van der Waals surface area contributed by atoms with Gasteiger partial charge in [-0.25, -0.2) is 0 Å². The van der Waals surface area contributed by atoms with Crippen molar-refractivity contribution in [1.29, 1.82) is 0 Å². The number of rotatable bonds is 2. The SMILES string of the molecule is C[C@H](NC1=NC(=O)C(C)(C(F)(F)F)S1)c1ccccc1C(C)(C)C. The molecule has 0 saturated heterocycles. The highest BCUT2D eigenvalue weighted by Gasteiger charge is 2.61. The molecule has 1 aliphatic heterocycles. The van der Waals surface area contributed by atoms with Crippen molar-refractivity contribution in [2.24, 2.45) is 4.99 Å². The van der Waals surface area contributed by atoms with Gasteiger partial charge in [0.05, 0.1) is 6.04 Å². The molecule has 1 unspecified atom stereocenters. The maximum absolute atomic E-state index is 13.1. The number of amidine groups is 1. The fourth-order valence-electron chi connectivity index (χ4n) is 2.52. The van der Waals surface area contributed by atoms with E-state index in [0.717, 1.165) is 18.1 Å². The molecular weight excluding hydrogens is 337 g/mol. The molecule has 7 heteroatoms. The number of nitrogens with zero attached hydrogens (tertiary/aromatic N) is 1. The lowest BCUT2D eigenvalue weighted by Crippen LogP contribution is -2.44. The van der Waals surface area contributed by atoms with Gasteiger partial charge in [-0.2, -0.15) is 18.2 Å². The third kappa shape index (κ3) is 3.45. The van der Waals surface area contributed by atoms with Crippen LogP contribution in [0.25, 0.3) is 0 Å². The third-order valence-electron chi connectivity index (χ3n) is 4.03. The molecule has 132 valence electrons. The molecule has 1 aromatic rings. The van der Waals surface area contributed by atoms with E-state index in [9.17, 15) is 18.0 Å². The van der Waals surface area contributed by atoms with Gasteiger partial charge < -0.3 is 5.32 Å². The van der Waals surface area contributed by atoms with Gasteiger partial charge in [-0.15, -0.1) is 0 Å². The lowest BCUT2D eigenvalue weighted by Gasteiger charge is -2.27. The zero-order valence-electron chi connectivity index (χ0n) is 14.3. The molecule has 1 amide bonds. The number of hydrogen-bond donors (Lipinski definition) is 1. The van der Waals surface area contributed by atoms with Crippen LogP contribution in [0.4, 0.5) is 13.2 Å². The predicted molar refractivity (Wildman–Crippen MR) is 91.2 cm³/mol.